The van der Waals surface area contributed by atoms with Gasteiger partial charge in [0.15, 0.2) is 11.5 Å². The average molecular weight is 351 g/mol. The fourth-order valence-electron chi connectivity index (χ4n) is 2.47. The van der Waals surface area contributed by atoms with Crippen LogP contribution in [0.25, 0.3) is 23.1 Å². The van der Waals surface area contributed by atoms with Crippen molar-refractivity contribution in [2.45, 2.75) is 0 Å². The van der Waals surface area contributed by atoms with Crippen LogP contribution >= 0.6 is 0 Å². The zero-order valence-electron chi connectivity index (χ0n) is 13.2. The standard InChI is InChI=1S/C19H13NO6/c21-16-6-2-10(7-17(16)22)1-3-12-4-5-13-14(19(25)26)8-11(18(23)24)9-15(13)20-12/h1-9,21-22H,(H,23,24)(H,25,26). The molecule has 4 N–H and O–H groups in total. The average Bonchev–Trinajstić information content (AvgIpc) is 2.61. The molecule has 0 fully saturated rings. The minimum Gasteiger partial charge on any atom is -0.504 e. The molecule has 0 unspecified atom stereocenters. The molecule has 0 bridgehead atoms. The molecule has 7 heteroatoms. The lowest BCUT2D eigenvalue weighted by atomic mass is 10.0. The SMILES string of the molecule is O=C(O)c1cc(C(=O)O)c2ccc(C=Cc3ccc(O)c(O)c3)nc2c1. The maximum atomic E-state index is 11.4. The topological polar surface area (TPSA) is 128 Å². The van der Waals surface area contributed by atoms with Gasteiger partial charge in [0, 0.05) is 5.39 Å². The predicted octanol–water partition coefficient (Wildman–Crippen LogP) is 3.21. The number of nitrogens with zero attached hydrogens (tertiary/aromatic N) is 1. The molecular formula is C19H13NO6. The highest BCUT2D eigenvalue weighted by molar-refractivity contribution is 6.06. The van der Waals surface area contributed by atoms with Gasteiger partial charge in [-0.2, -0.15) is 0 Å². The number of hydrogen-bond donors (Lipinski definition) is 4. The summed E-state index contributed by atoms with van der Waals surface area (Å²) in [4.78, 5) is 26.9. The Kier molecular flexibility index (Phi) is 4.28. The molecule has 1 aromatic heterocycles. The molecular weight excluding hydrogens is 338 g/mol. The second-order valence-corrected chi connectivity index (χ2v) is 5.52. The van der Waals surface area contributed by atoms with E-state index < -0.39 is 11.9 Å². The van der Waals surface area contributed by atoms with E-state index in [4.69, 9.17) is 5.11 Å². The summed E-state index contributed by atoms with van der Waals surface area (Å²) in [6.45, 7) is 0. The van der Waals surface area contributed by atoms with E-state index in [0.717, 1.165) is 6.07 Å². The Balaban J connectivity index is 2.05. The second kappa shape index (κ2) is 6.56. The number of carboxylic acid groups (broad SMARTS) is 2. The number of rotatable bonds is 4. The molecule has 0 aliphatic carbocycles. The lowest BCUT2D eigenvalue weighted by Crippen LogP contribution is -2.04. The van der Waals surface area contributed by atoms with Gasteiger partial charge in [-0.1, -0.05) is 12.1 Å². The molecule has 1 heterocycles. The zero-order valence-corrected chi connectivity index (χ0v) is 13.2. The number of carboxylic acids is 2. The van der Waals surface area contributed by atoms with E-state index in [-0.39, 0.29) is 28.1 Å². The summed E-state index contributed by atoms with van der Waals surface area (Å²) < 4.78 is 0. The van der Waals surface area contributed by atoms with Crippen molar-refractivity contribution in [1.82, 2.24) is 4.98 Å². The molecule has 0 atom stereocenters. The van der Waals surface area contributed by atoms with E-state index in [1.165, 1.54) is 18.2 Å². The first-order valence-electron chi connectivity index (χ1n) is 7.46. The van der Waals surface area contributed by atoms with Crippen molar-refractivity contribution >= 4 is 35.0 Å². The lowest BCUT2D eigenvalue weighted by Gasteiger charge is -2.05. The molecule has 0 radical (unpaired) electrons. The van der Waals surface area contributed by atoms with E-state index in [1.807, 2.05) is 0 Å². The number of carbonyl (C=O) groups is 2. The van der Waals surface area contributed by atoms with Crippen LogP contribution in [0.5, 0.6) is 11.5 Å². The third kappa shape index (κ3) is 3.32. The van der Waals surface area contributed by atoms with E-state index in [2.05, 4.69) is 4.98 Å². The van der Waals surface area contributed by atoms with Crippen molar-refractivity contribution < 1.29 is 30.0 Å². The maximum absolute atomic E-state index is 11.4. The van der Waals surface area contributed by atoms with Gasteiger partial charge in [-0.15, -0.1) is 0 Å². The quantitative estimate of drug-likeness (QED) is 0.531. The van der Waals surface area contributed by atoms with Crippen LogP contribution in [0.1, 0.15) is 32.0 Å². The van der Waals surface area contributed by atoms with Crippen molar-refractivity contribution in [2.75, 3.05) is 0 Å². The number of phenolic OH excluding ortho intramolecular Hbond substituents is 2. The van der Waals surface area contributed by atoms with Gasteiger partial charge in [0.2, 0.25) is 0 Å². The van der Waals surface area contributed by atoms with Gasteiger partial charge in [0.05, 0.1) is 22.3 Å². The van der Waals surface area contributed by atoms with Gasteiger partial charge in [-0.25, -0.2) is 14.6 Å². The van der Waals surface area contributed by atoms with Crippen LogP contribution in [0.15, 0.2) is 42.5 Å². The van der Waals surface area contributed by atoms with E-state index >= 15 is 0 Å². The Morgan fingerprint density at radius 1 is 0.846 bits per heavy atom. The van der Waals surface area contributed by atoms with Gasteiger partial charge in [-0.3, -0.25) is 0 Å². The minimum absolute atomic E-state index is 0.133. The molecule has 3 rings (SSSR count). The summed E-state index contributed by atoms with van der Waals surface area (Å²) >= 11 is 0. The Hall–Kier alpha value is -3.87. The van der Waals surface area contributed by atoms with Crippen LogP contribution in [0.2, 0.25) is 0 Å². The third-order valence-electron chi connectivity index (χ3n) is 3.75. The Morgan fingerprint density at radius 3 is 2.27 bits per heavy atom. The number of benzene rings is 2. The predicted molar refractivity (Wildman–Crippen MR) is 94.4 cm³/mol. The first kappa shape index (κ1) is 17.0. The Bertz CT molecular complexity index is 1070. The number of pyridine rings is 1. The second-order valence-electron chi connectivity index (χ2n) is 5.52. The number of fused-ring (bicyclic) bond motifs is 1. The molecule has 130 valence electrons. The summed E-state index contributed by atoms with van der Waals surface area (Å²) in [5, 5.41) is 37.6. The largest absolute Gasteiger partial charge is 0.504 e. The molecule has 7 nitrogen and oxygen atoms in total. The molecule has 0 aliphatic heterocycles. The maximum Gasteiger partial charge on any atom is 0.336 e. The Morgan fingerprint density at radius 2 is 1.62 bits per heavy atom. The van der Waals surface area contributed by atoms with Crippen LogP contribution in [0.4, 0.5) is 0 Å². The van der Waals surface area contributed by atoms with Gasteiger partial charge in [0.1, 0.15) is 0 Å². The lowest BCUT2D eigenvalue weighted by molar-refractivity contribution is 0.0696. The normalized spacial score (nSPS) is 11.1. The molecule has 2 aromatic carbocycles. The molecule has 3 aromatic rings. The number of phenols is 2. The number of aromatic carboxylic acids is 2. The smallest absolute Gasteiger partial charge is 0.336 e. The van der Waals surface area contributed by atoms with Crippen molar-refractivity contribution in [2.24, 2.45) is 0 Å². The van der Waals surface area contributed by atoms with Crippen molar-refractivity contribution in [3.8, 4) is 11.5 Å². The minimum atomic E-state index is -1.24. The summed E-state index contributed by atoms with van der Waals surface area (Å²) in [7, 11) is 0. The van der Waals surface area contributed by atoms with Crippen molar-refractivity contribution in [3.63, 3.8) is 0 Å². The molecule has 0 spiro atoms. The van der Waals surface area contributed by atoms with Crippen LogP contribution in [0.3, 0.4) is 0 Å². The van der Waals surface area contributed by atoms with Gasteiger partial charge in [0.25, 0.3) is 0 Å². The number of hydrogen-bond acceptors (Lipinski definition) is 5. The van der Waals surface area contributed by atoms with Gasteiger partial charge >= 0.3 is 11.9 Å². The van der Waals surface area contributed by atoms with Gasteiger partial charge < -0.3 is 20.4 Å². The van der Waals surface area contributed by atoms with Crippen molar-refractivity contribution in [1.29, 1.82) is 0 Å². The first-order valence-corrected chi connectivity index (χ1v) is 7.46. The summed E-state index contributed by atoms with van der Waals surface area (Å²) in [6, 6.07) is 9.89. The molecule has 26 heavy (non-hydrogen) atoms. The van der Waals surface area contributed by atoms with E-state index in [1.54, 1.807) is 30.4 Å². The van der Waals surface area contributed by atoms with Crippen LogP contribution in [-0.4, -0.2) is 37.3 Å². The van der Waals surface area contributed by atoms with Crippen LogP contribution < -0.4 is 0 Å². The number of aromatic nitrogens is 1. The van der Waals surface area contributed by atoms with E-state index in [9.17, 15) is 24.9 Å². The first-order chi connectivity index (χ1) is 12.3. The van der Waals surface area contributed by atoms with Crippen LogP contribution in [0, 0.1) is 0 Å². The third-order valence-corrected chi connectivity index (χ3v) is 3.75. The van der Waals surface area contributed by atoms with E-state index in [0.29, 0.717) is 16.6 Å². The molecule has 0 amide bonds. The molecule has 0 saturated carbocycles. The molecule has 0 aliphatic rings. The Labute approximate surface area is 147 Å². The zero-order chi connectivity index (χ0) is 18.8. The van der Waals surface area contributed by atoms with Crippen LogP contribution in [-0.2, 0) is 0 Å². The summed E-state index contributed by atoms with van der Waals surface area (Å²) in [5.74, 6) is -2.95. The fraction of sp³-hybridized carbons (Fsp3) is 0. The highest BCUT2D eigenvalue weighted by Crippen LogP contribution is 2.26. The number of aromatic hydroxyl groups is 2. The summed E-state index contributed by atoms with van der Waals surface area (Å²) in [5.41, 5.74) is 1.05. The highest BCUT2D eigenvalue weighted by Gasteiger charge is 2.14. The fourth-order valence-corrected chi connectivity index (χ4v) is 2.47. The highest BCUT2D eigenvalue weighted by atomic mass is 16.4. The monoisotopic (exact) mass is 351 g/mol. The molecule has 0 saturated heterocycles. The van der Waals surface area contributed by atoms with Crippen molar-refractivity contribution in [3.05, 3.63) is 64.8 Å². The van der Waals surface area contributed by atoms with Gasteiger partial charge in [-0.05, 0) is 48.0 Å². The summed E-state index contributed by atoms with van der Waals surface area (Å²) in [6.07, 6.45) is 3.27.